The van der Waals surface area contributed by atoms with E-state index in [1.165, 1.54) is 19.3 Å². The molecule has 0 atom stereocenters. The van der Waals surface area contributed by atoms with Crippen molar-refractivity contribution in [3.8, 4) is 23.0 Å². The molecule has 0 aliphatic heterocycles. The number of nitrogens with zero attached hydrogens (tertiary/aromatic N) is 1. The van der Waals surface area contributed by atoms with Crippen LogP contribution in [0.3, 0.4) is 0 Å². The molecule has 0 aliphatic rings. The fraction of sp³-hybridized carbons (Fsp3) is 0.391. The summed E-state index contributed by atoms with van der Waals surface area (Å²) in [5.74, 6) is 2.85. The van der Waals surface area contributed by atoms with Crippen LogP contribution in [0, 0.1) is 0 Å². The average Bonchev–Trinajstić information content (AvgIpc) is 2.77. The van der Waals surface area contributed by atoms with Gasteiger partial charge in [-0.25, -0.2) is 0 Å². The van der Waals surface area contributed by atoms with E-state index in [2.05, 4.69) is 17.5 Å². The van der Waals surface area contributed by atoms with Crippen LogP contribution in [-0.2, 0) is 0 Å². The van der Waals surface area contributed by atoms with Crippen LogP contribution in [-0.4, -0.2) is 38.3 Å². The van der Waals surface area contributed by atoms with E-state index in [-0.39, 0.29) is 5.11 Å². The van der Waals surface area contributed by atoms with E-state index >= 15 is 0 Å². The molecule has 3 N–H and O–H groups in total. The van der Waals surface area contributed by atoms with E-state index in [4.69, 9.17) is 36.9 Å². The summed E-state index contributed by atoms with van der Waals surface area (Å²) in [6, 6.07) is 13.1. The Bertz CT molecular complexity index is 828. The Kier molecular flexibility index (Phi) is 11.0. The van der Waals surface area contributed by atoms with Crippen LogP contribution in [0.1, 0.15) is 38.2 Å². The first-order chi connectivity index (χ1) is 15.1. The van der Waals surface area contributed by atoms with Crippen molar-refractivity contribution in [2.75, 3.05) is 26.9 Å². The maximum atomic E-state index is 5.78. The number of methoxy groups -OCH3 is 1. The van der Waals surface area contributed by atoms with Crippen LogP contribution in [0.15, 0.2) is 47.6 Å². The summed E-state index contributed by atoms with van der Waals surface area (Å²) < 4.78 is 22.6. The number of hydrazone groups is 1. The van der Waals surface area contributed by atoms with Crippen molar-refractivity contribution in [2.45, 2.75) is 32.6 Å². The molecule has 31 heavy (non-hydrogen) atoms. The molecule has 0 aromatic heterocycles. The largest absolute Gasteiger partial charge is 0.494 e. The van der Waals surface area contributed by atoms with Crippen LogP contribution in [0.25, 0.3) is 0 Å². The summed E-state index contributed by atoms with van der Waals surface area (Å²) in [5.41, 5.74) is 8.65. The van der Waals surface area contributed by atoms with Gasteiger partial charge in [0.25, 0.3) is 0 Å². The number of unbranched alkanes of at least 4 members (excludes halogenated alkanes) is 3. The molecule has 0 spiro atoms. The fourth-order valence-corrected chi connectivity index (χ4v) is 2.77. The smallest absolute Gasteiger partial charge is 0.184 e. The van der Waals surface area contributed by atoms with E-state index in [9.17, 15) is 0 Å². The minimum Gasteiger partial charge on any atom is -0.494 e. The van der Waals surface area contributed by atoms with Gasteiger partial charge in [0, 0.05) is 0 Å². The summed E-state index contributed by atoms with van der Waals surface area (Å²) in [6.45, 7) is 3.73. The number of hydrogen-bond donors (Lipinski definition) is 2. The molecule has 8 heteroatoms. The van der Waals surface area contributed by atoms with Gasteiger partial charge in [-0.1, -0.05) is 26.2 Å². The number of nitrogens with one attached hydrogen (secondary N) is 1. The first-order valence-corrected chi connectivity index (χ1v) is 10.8. The van der Waals surface area contributed by atoms with E-state index in [0.29, 0.717) is 24.7 Å². The third kappa shape index (κ3) is 9.57. The lowest BCUT2D eigenvalue weighted by Crippen LogP contribution is -2.23. The Morgan fingerprint density at radius 1 is 0.935 bits per heavy atom. The minimum absolute atomic E-state index is 0.104. The van der Waals surface area contributed by atoms with Gasteiger partial charge in [-0.15, -0.1) is 0 Å². The van der Waals surface area contributed by atoms with Crippen LogP contribution in [0.2, 0.25) is 0 Å². The van der Waals surface area contributed by atoms with Crippen molar-refractivity contribution in [1.29, 1.82) is 0 Å². The Morgan fingerprint density at radius 2 is 1.61 bits per heavy atom. The normalized spacial score (nSPS) is 10.6. The molecule has 0 saturated heterocycles. The zero-order chi connectivity index (χ0) is 22.3. The fourth-order valence-electron chi connectivity index (χ4n) is 2.72. The van der Waals surface area contributed by atoms with E-state index in [1.54, 1.807) is 13.3 Å². The van der Waals surface area contributed by atoms with Crippen LogP contribution in [0.5, 0.6) is 23.0 Å². The second-order valence-electron chi connectivity index (χ2n) is 6.72. The molecule has 0 saturated carbocycles. The second-order valence-corrected chi connectivity index (χ2v) is 7.16. The lowest BCUT2D eigenvalue weighted by Gasteiger charge is -2.12. The molecule has 7 nitrogen and oxygen atoms in total. The monoisotopic (exact) mass is 445 g/mol. The van der Waals surface area contributed by atoms with Crippen molar-refractivity contribution >= 4 is 23.5 Å². The lowest BCUT2D eigenvalue weighted by molar-refractivity contribution is 0.211. The topological polar surface area (TPSA) is 87.3 Å². The number of nitrogens with two attached hydrogens (primary N) is 1. The number of hydrogen-bond acceptors (Lipinski definition) is 6. The van der Waals surface area contributed by atoms with Gasteiger partial charge in [0.2, 0.25) is 0 Å². The van der Waals surface area contributed by atoms with Crippen molar-refractivity contribution in [2.24, 2.45) is 10.8 Å². The van der Waals surface area contributed by atoms with Gasteiger partial charge in [-0.3, -0.25) is 5.43 Å². The molecule has 0 radical (unpaired) electrons. The van der Waals surface area contributed by atoms with Crippen molar-refractivity contribution in [1.82, 2.24) is 5.43 Å². The first kappa shape index (κ1) is 24.3. The maximum Gasteiger partial charge on any atom is 0.184 e. The summed E-state index contributed by atoms with van der Waals surface area (Å²) in [5, 5.41) is 4.03. The molecule has 0 fully saturated rings. The van der Waals surface area contributed by atoms with Gasteiger partial charge < -0.3 is 24.7 Å². The molecular weight excluding hydrogens is 414 g/mol. The predicted octanol–water partition coefficient (Wildman–Crippen LogP) is 4.28. The lowest BCUT2D eigenvalue weighted by atomic mass is 10.2. The first-order valence-electron chi connectivity index (χ1n) is 10.4. The van der Waals surface area contributed by atoms with E-state index in [0.717, 1.165) is 30.1 Å². The molecular formula is C23H31N3O4S. The number of ether oxygens (including phenoxy) is 4. The maximum absolute atomic E-state index is 5.78. The number of rotatable bonds is 14. The van der Waals surface area contributed by atoms with Crippen LogP contribution in [0.4, 0.5) is 0 Å². The molecule has 0 heterocycles. The zero-order valence-electron chi connectivity index (χ0n) is 18.1. The zero-order valence-corrected chi connectivity index (χ0v) is 19.0. The van der Waals surface area contributed by atoms with Gasteiger partial charge in [0.05, 0.1) is 19.9 Å². The molecule has 0 bridgehead atoms. The molecule has 2 rings (SSSR count). The summed E-state index contributed by atoms with van der Waals surface area (Å²) >= 11 is 4.70. The Balaban J connectivity index is 1.74. The molecule has 2 aromatic rings. The van der Waals surface area contributed by atoms with Crippen LogP contribution < -0.4 is 30.1 Å². The predicted molar refractivity (Wildman–Crippen MR) is 128 cm³/mol. The highest BCUT2D eigenvalue weighted by atomic mass is 32.1. The standard InChI is InChI=1S/C23H31N3O4S/c1-3-4-5-6-13-28-19-8-10-20(11-9-19)29-14-15-30-21-12-7-18(16-22(21)27-2)17-25-26-23(24)31/h7-12,16-17H,3-6,13-15H2,1-2H3,(H3,24,26,31). The number of benzene rings is 2. The van der Waals surface area contributed by atoms with Gasteiger partial charge in [0.1, 0.15) is 24.7 Å². The van der Waals surface area contributed by atoms with Gasteiger partial charge >= 0.3 is 0 Å². The quantitative estimate of drug-likeness (QED) is 0.194. The third-order valence-corrected chi connectivity index (χ3v) is 4.37. The average molecular weight is 446 g/mol. The summed E-state index contributed by atoms with van der Waals surface area (Å²) in [4.78, 5) is 0. The van der Waals surface area contributed by atoms with Gasteiger partial charge in [-0.2, -0.15) is 5.10 Å². The highest BCUT2D eigenvalue weighted by Gasteiger charge is 2.05. The Labute approximate surface area is 189 Å². The molecule has 0 unspecified atom stereocenters. The van der Waals surface area contributed by atoms with Crippen molar-refractivity contribution in [3.63, 3.8) is 0 Å². The SMILES string of the molecule is CCCCCCOc1ccc(OCCOc2ccc(C=NNC(N)=S)cc2OC)cc1. The highest BCUT2D eigenvalue weighted by Crippen LogP contribution is 2.27. The Morgan fingerprint density at radius 3 is 2.26 bits per heavy atom. The van der Waals surface area contributed by atoms with Crippen molar-refractivity contribution in [3.05, 3.63) is 48.0 Å². The Hall–Kier alpha value is -3.00. The third-order valence-electron chi connectivity index (χ3n) is 4.28. The van der Waals surface area contributed by atoms with Crippen LogP contribution >= 0.6 is 12.2 Å². The van der Waals surface area contributed by atoms with Gasteiger partial charge in [-0.05, 0) is 66.7 Å². The van der Waals surface area contributed by atoms with Gasteiger partial charge in [0.15, 0.2) is 16.6 Å². The molecule has 168 valence electrons. The van der Waals surface area contributed by atoms with E-state index in [1.807, 2.05) is 42.5 Å². The second kappa shape index (κ2) is 14.1. The number of thiocarbonyl (C=S) groups is 1. The summed E-state index contributed by atoms with van der Waals surface area (Å²) in [7, 11) is 1.58. The summed E-state index contributed by atoms with van der Waals surface area (Å²) in [6.07, 6.45) is 6.36. The highest BCUT2D eigenvalue weighted by molar-refractivity contribution is 7.80. The minimum atomic E-state index is 0.104. The van der Waals surface area contributed by atoms with E-state index < -0.39 is 0 Å². The molecule has 0 amide bonds. The van der Waals surface area contributed by atoms with Crippen molar-refractivity contribution < 1.29 is 18.9 Å². The molecule has 2 aromatic carbocycles. The molecule has 0 aliphatic carbocycles.